The normalized spacial score (nSPS) is 23.0. The SMILES string of the molecule is N#CC1(c2ccccc2)CCN(C(=O)NC2CCNC2=O)CC1. The summed E-state index contributed by atoms with van der Waals surface area (Å²) in [6.07, 6.45) is 1.85. The van der Waals surface area contributed by atoms with Crippen molar-refractivity contribution < 1.29 is 9.59 Å². The maximum Gasteiger partial charge on any atom is 0.318 e. The maximum atomic E-state index is 12.3. The first-order valence-electron chi connectivity index (χ1n) is 7.94. The van der Waals surface area contributed by atoms with Gasteiger partial charge in [0, 0.05) is 19.6 Å². The van der Waals surface area contributed by atoms with Crippen LogP contribution in [0.15, 0.2) is 30.3 Å². The van der Waals surface area contributed by atoms with E-state index >= 15 is 0 Å². The van der Waals surface area contributed by atoms with Gasteiger partial charge >= 0.3 is 6.03 Å². The van der Waals surface area contributed by atoms with Gasteiger partial charge in [-0.3, -0.25) is 4.79 Å². The molecular formula is C17H20N4O2. The predicted octanol–water partition coefficient (Wildman–Crippen LogP) is 1.14. The van der Waals surface area contributed by atoms with Crippen LogP contribution >= 0.6 is 0 Å². The topological polar surface area (TPSA) is 85.2 Å². The van der Waals surface area contributed by atoms with Gasteiger partial charge in [-0.15, -0.1) is 0 Å². The summed E-state index contributed by atoms with van der Waals surface area (Å²) >= 11 is 0. The number of piperidine rings is 1. The summed E-state index contributed by atoms with van der Waals surface area (Å²) in [4.78, 5) is 25.5. The smallest absolute Gasteiger partial charge is 0.318 e. The Bertz CT molecular complexity index is 630. The van der Waals surface area contributed by atoms with Crippen LogP contribution in [0.4, 0.5) is 4.79 Å². The number of rotatable bonds is 2. The maximum absolute atomic E-state index is 12.3. The van der Waals surface area contributed by atoms with E-state index in [2.05, 4.69) is 16.7 Å². The second kappa shape index (κ2) is 6.29. The molecule has 3 amide bonds. The Hall–Kier alpha value is -2.55. The van der Waals surface area contributed by atoms with E-state index in [1.807, 2.05) is 30.3 Å². The number of benzene rings is 1. The molecule has 2 aliphatic rings. The monoisotopic (exact) mass is 312 g/mol. The number of urea groups is 1. The zero-order chi connectivity index (χ0) is 16.3. The molecule has 2 fully saturated rings. The average Bonchev–Trinajstić information content (AvgIpc) is 3.00. The highest BCUT2D eigenvalue weighted by Gasteiger charge is 2.38. The van der Waals surface area contributed by atoms with Crippen LogP contribution in [0, 0.1) is 11.3 Å². The summed E-state index contributed by atoms with van der Waals surface area (Å²) in [5.41, 5.74) is 0.487. The summed E-state index contributed by atoms with van der Waals surface area (Å²) in [5, 5.41) is 15.1. The Balaban J connectivity index is 1.62. The zero-order valence-corrected chi connectivity index (χ0v) is 12.9. The molecule has 0 saturated carbocycles. The lowest BCUT2D eigenvalue weighted by Crippen LogP contribution is -2.52. The van der Waals surface area contributed by atoms with Crippen LogP contribution in [-0.2, 0) is 10.2 Å². The summed E-state index contributed by atoms with van der Waals surface area (Å²) in [6, 6.07) is 11.6. The van der Waals surface area contributed by atoms with E-state index in [4.69, 9.17) is 0 Å². The van der Waals surface area contributed by atoms with Crippen LogP contribution in [0.1, 0.15) is 24.8 Å². The average molecular weight is 312 g/mol. The molecule has 2 saturated heterocycles. The molecule has 6 heteroatoms. The molecular weight excluding hydrogens is 292 g/mol. The second-order valence-corrected chi connectivity index (χ2v) is 6.13. The quantitative estimate of drug-likeness (QED) is 0.859. The summed E-state index contributed by atoms with van der Waals surface area (Å²) < 4.78 is 0. The molecule has 6 nitrogen and oxygen atoms in total. The lowest BCUT2D eigenvalue weighted by atomic mass is 9.74. The third kappa shape index (κ3) is 3.00. The van der Waals surface area contributed by atoms with Crippen LogP contribution in [0.2, 0.25) is 0 Å². The summed E-state index contributed by atoms with van der Waals surface area (Å²) in [6.45, 7) is 1.64. The second-order valence-electron chi connectivity index (χ2n) is 6.13. The predicted molar refractivity (Wildman–Crippen MR) is 84.5 cm³/mol. The number of carbonyl (C=O) groups is 2. The van der Waals surface area contributed by atoms with Gasteiger partial charge in [-0.2, -0.15) is 5.26 Å². The van der Waals surface area contributed by atoms with Crippen molar-refractivity contribution in [2.45, 2.75) is 30.7 Å². The highest BCUT2D eigenvalue weighted by Crippen LogP contribution is 2.34. The van der Waals surface area contributed by atoms with Crippen LogP contribution in [0.3, 0.4) is 0 Å². The molecule has 23 heavy (non-hydrogen) atoms. The molecule has 1 atom stereocenters. The first kappa shape index (κ1) is 15.3. The number of nitriles is 1. The molecule has 120 valence electrons. The first-order chi connectivity index (χ1) is 11.1. The zero-order valence-electron chi connectivity index (χ0n) is 12.9. The fourth-order valence-electron chi connectivity index (χ4n) is 3.29. The fourth-order valence-corrected chi connectivity index (χ4v) is 3.29. The van der Waals surface area contributed by atoms with E-state index in [1.54, 1.807) is 4.90 Å². The first-order valence-corrected chi connectivity index (χ1v) is 7.94. The van der Waals surface area contributed by atoms with Crippen molar-refractivity contribution >= 4 is 11.9 Å². The molecule has 0 spiro atoms. The molecule has 2 heterocycles. The molecule has 2 aliphatic heterocycles. The highest BCUT2D eigenvalue weighted by atomic mass is 16.2. The van der Waals surface area contributed by atoms with Crippen molar-refractivity contribution in [1.29, 1.82) is 5.26 Å². The van der Waals surface area contributed by atoms with Crippen molar-refractivity contribution in [2.75, 3.05) is 19.6 Å². The molecule has 1 unspecified atom stereocenters. The van der Waals surface area contributed by atoms with E-state index in [0.717, 1.165) is 5.56 Å². The Morgan fingerprint density at radius 3 is 2.57 bits per heavy atom. The highest BCUT2D eigenvalue weighted by molar-refractivity contribution is 5.88. The van der Waals surface area contributed by atoms with Gasteiger partial charge in [0.05, 0.1) is 11.5 Å². The third-order valence-electron chi connectivity index (χ3n) is 4.79. The number of hydrogen-bond donors (Lipinski definition) is 2. The van der Waals surface area contributed by atoms with Crippen molar-refractivity contribution in [2.24, 2.45) is 0 Å². The summed E-state index contributed by atoms with van der Waals surface area (Å²) in [5.74, 6) is -0.119. The van der Waals surface area contributed by atoms with Gasteiger partial charge in [0.2, 0.25) is 5.91 Å². The number of nitrogens with zero attached hydrogens (tertiary/aromatic N) is 2. The lowest BCUT2D eigenvalue weighted by molar-refractivity contribution is -0.120. The van der Waals surface area contributed by atoms with Gasteiger partial charge in [-0.1, -0.05) is 30.3 Å². The van der Waals surface area contributed by atoms with Gasteiger partial charge in [-0.05, 0) is 24.8 Å². The summed E-state index contributed by atoms with van der Waals surface area (Å²) in [7, 11) is 0. The van der Waals surface area contributed by atoms with E-state index < -0.39 is 11.5 Å². The van der Waals surface area contributed by atoms with Gasteiger partial charge < -0.3 is 15.5 Å². The molecule has 0 bridgehead atoms. The van der Waals surface area contributed by atoms with Crippen molar-refractivity contribution in [3.8, 4) is 6.07 Å². The van der Waals surface area contributed by atoms with Gasteiger partial charge in [-0.25, -0.2) is 4.79 Å². The van der Waals surface area contributed by atoms with Crippen LogP contribution in [-0.4, -0.2) is 42.5 Å². The number of amides is 3. The van der Waals surface area contributed by atoms with Crippen molar-refractivity contribution in [3.05, 3.63) is 35.9 Å². The molecule has 1 aromatic carbocycles. The third-order valence-corrected chi connectivity index (χ3v) is 4.79. The fraction of sp³-hybridized carbons (Fsp3) is 0.471. The molecule has 0 aliphatic carbocycles. The van der Waals surface area contributed by atoms with E-state index in [0.29, 0.717) is 38.9 Å². The molecule has 3 rings (SSSR count). The van der Waals surface area contributed by atoms with Crippen molar-refractivity contribution in [1.82, 2.24) is 15.5 Å². The van der Waals surface area contributed by atoms with Crippen LogP contribution in [0.25, 0.3) is 0 Å². The Kier molecular flexibility index (Phi) is 4.20. The number of hydrogen-bond acceptors (Lipinski definition) is 3. The standard InChI is InChI=1S/C17H20N4O2/c18-12-17(13-4-2-1-3-5-13)7-10-21(11-8-17)16(23)20-14-6-9-19-15(14)22/h1-5,14H,6-11H2,(H,19,22)(H,20,23). The van der Waals surface area contributed by atoms with E-state index in [-0.39, 0.29) is 11.9 Å². The van der Waals surface area contributed by atoms with E-state index in [1.165, 1.54) is 0 Å². The van der Waals surface area contributed by atoms with E-state index in [9.17, 15) is 14.9 Å². The van der Waals surface area contributed by atoms with Gasteiger partial charge in [0.1, 0.15) is 6.04 Å². The number of carbonyl (C=O) groups excluding carboxylic acids is 2. The lowest BCUT2D eigenvalue weighted by Gasteiger charge is -2.37. The van der Waals surface area contributed by atoms with Crippen LogP contribution < -0.4 is 10.6 Å². The Labute approximate surface area is 135 Å². The van der Waals surface area contributed by atoms with Crippen molar-refractivity contribution in [3.63, 3.8) is 0 Å². The molecule has 0 radical (unpaired) electrons. The molecule has 0 aromatic heterocycles. The minimum Gasteiger partial charge on any atom is -0.354 e. The number of likely N-dealkylation sites (tertiary alicyclic amines) is 1. The Morgan fingerprint density at radius 2 is 2.00 bits per heavy atom. The Morgan fingerprint density at radius 1 is 1.30 bits per heavy atom. The number of nitrogens with one attached hydrogen (secondary N) is 2. The molecule has 1 aromatic rings. The largest absolute Gasteiger partial charge is 0.354 e. The van der Waals surface area contributed by atoms with Gasteiger partial charge in [0.15, 0.2) is 0 Å². The minimum absolute atomic E-state index is 0.119. The van der Waals surface area contributed by atoms with Crippen LogP contribution in [0.5, 0.6) is 0 Å². The van der Waals surface area contributed by atoms with Gasteiger partial charge in [0.25, 0.3) is 0 Å². The molecule has 2 N–H and O–H groups in total. The minimum atomic E-state index is -0.525.